The molecule has 2 heterocycles. The van der Waals surface area contributed by atoms with Crippen LogP contribution in [0.15, 0.2) is 67.1 Å². The van der Waals surface area contributed by atoms with E-state index < -0.39 is 5.97 Å². The zero-order chi connectivity index (χ0) is 21.1. The Balaban J connectivity index is 1.73. The van der Waals surface area contributed by atoms with E-state index in [-0.39, 0.29) is 11.6 Å². The number of para-hydroxylation sites is 2. The van der Waals surface area contributed by atoms with E-state index in [1.807, 2.05) is 30.3 Å². The van der Waals surface area contributed by atoms with Crippen molar-refractivity contribution in [1.82, 2.24) is 15.0 Å². The summed E-state index contributed by atoms with van der Waals surface area (Å²) in [5.41, 5.74) is 8.25. The number of esters is 1. The molecule has 0 aliphatic heterocycles. The lowest BCUT2D eigenvalue weighted by atomic mass is 10.1. The standard InChI is InChI=1S/C22H19N5O3/c1-27(16-10-4-3-9-15(16)22(28)29-2)20-18(23)21(26-13-25-20)30-17-11-5-7-14-8-6-12-24-19(14)17/h3-13H,23H2,1-2H3. The van der Waals surface area contributed by atoms with Crippen molar-refractivity contribution in [3.63, 3.8) is 0 Å². The number of anilines is 3. The second-order valence-corrected chi connectivity index (χ2v) is 6.42. The molecule has 8 heteroatoms. The highest BCUT2D eigenvalue weighted by atomic mass is 16.5. The summed E-state index contributed by atoms with van der Waals surface area (Å²) < 4.78 is 10.9. The minimum atomic E-state index is -0.455. The molecule has 4 rings (SSSR count). The van der Waals surface area contributed by atoms with Crippen LogP contribution in [0, 0.1) is 0 Å². The van der Waals surface area contributed by atoms with Gasteiger partial charge in [0, 0.05) is 18.6 Å². The van der Waals surface area contributed by atoms with Gasteiger partial charge in [0.15, 0.2) is 11.6 Å². The summed E-state index contributed by atoms with van der Waals surface area (Å²) in [6.45, 7) is 0. The van der Waals surface area contributed by atoms with E-state index in [0.29, 0.717) is 28.3 Å². The average Bonchev–Trinajstić information content (AvgIpc) is 2.79. The predicted octanol–water partition coefficient (Wildman–Crippen LogP) is 3.95. The van der Waals surface area contributed by atoms with Crippen LogP contribution < -0.4 is 15.4 Å². The SMILES string of the molecule is COC(=O)c1ccccc1N(C)c1ncnc(Oc2cccc3cccnc23)c1N. The van der Waals surface area contributed by atoms with Crippen LogP contribution in [0.3, 0.4) is 0 Å². The van der Waals surface area contributed by atoms with Gasteiger partial charge in [0.25, 0.3) is 0 Å². The zero-order valence-corrected chi connectivity index (χ0v) is 16.4. The maximum atomic E-state index is 12.1. The van der Waals surface area contributed by atoms with Crippen LogP contribution in [0.4, 0.5) is 17.2 Å². The maximum Gasteiger partial charge on any atom is 0.339 e. The molecule has 0 radical (unpaired) electrons. The van der Waals surface area contributed by atoms with Crippen molar-refractivity contribution in [1.29, 1.82) is 0 Å². The van der Waals surface area contributed by atoms with E-state index in [2.05, 4.69) is 15.0 Å². The Morgan fingerprint density at radius 3 is 2.63 bits per heavy atom. The quantitative estimate of drug-likeness (QED) is 0.501. The van der Waals surface area contributed by atoms with Crippen molar-refractivity contribution in [2.24, 2.45) is 0 Å². The van der Waals surface area contributed by atoms with Crippen LogP contribution in [-0.2, 0) is 4.74 Å². The fourth-order valence-corrected chi connectivity index (χ4v) is 3.14. The summed E-state index contributed by atoms with van der Waals surface area (Å²) >= 11 is 0. The summed E-state index contributed by atoms with van der Waals surface area (Å²) in [6.07, 6.45) is 3.05. The number of nitrogen functional groups attached to an aromatic ring is 1. The Labute approximate surface area is 172 Å². The summed E-state index contributed by atoms with van der Waals surface area (Å²) in [4.78, 5) is 26.7. The van der Waals surface area contributed by atoms with Crippen LogP contribution in [0.25, 0.3) is 10.9 Å². The Kier molecular flexibility index (Phi) is 5.13. The predicted molar refractivity (Wildman–Crippen MR) is 114 cm³/mol. The number of carbonyl (C=O) groups excluding carboxylic acids is 1. The number of nitrogens with two attached hydrogens (primary N) is 1. The molecular weight excluding hydrogens is 382 g/mol. The van der Waals surface area contributed by atoms with Gasteiger partial charge in [-0.15, -0.1) is 0 Å². The van der Waals surface area contributed by atoms with E-state index in [9.17, 15) is 4.79 Å². The molecule has 2 N–H and O–H groups in total. The fourth-order valence-electron chi connectivity index (χ4n) is 3.14. The van der Waals surface area contributed by atoms with Gasteiger partial charge in [-0.2, -0.15) is 4.98 Å². The molecule has 0 saturated carbocycles. The fraction of sp³-hybridized carbons (Fsp3) is 0.0909. The summed E-state index contributed by atoms with van der Waals surface area (Å²) in [5.74, 6) is 0.663. The normalized spacial score (nSPS) is 10.6. The lowest BCUT2D eigenvalue weighted by molar-refractivity contribution is 0.0601. The van der Waals surface area contributed by atoms with Crippen molar-refractivity contribution in [3.05, 3.63) is 72.7 Å². The average molecular weight is 401 g/mol. The number of nitrogens with zero attached hydrogens (tertiary/aromatic N) is 4. The van der Waals surface area contributed by atoms with E-state index in [4.69, 9.17) is 15.2 Å². The number of pyridine rings is 1. The molecule has 0 aliphatic rings. The highest BCUT2D eigenvalue weighted by Gasteiger charge is 2.20. The van der Waals surface area contributed by atoms with Gasteiger partial charge in [0.2, 0.25) is 5.88 Å². The van der Waals surface area contributed by atoms with Gasteiger partial charge in [-0.3, -0.25) is 4.98 Å². The van der Waals surface area contributed by atoms with Gasteiger partial charge < -0.3 is 20.1 Å². The maximum absolute atomic E-state index is 12.1. The lowest BCUT2D eigenvalue weighted by Gasteiger charge is -2.22. The van der Waals surface area contributed by atoms with Gasteiger partial charge in [0.05, 0.1) is 18.4 Å². The number of fused-ring (bicyclic) bond motifs is 1. The molecule has 0 fully saturated rings. The van der Waals surface area contributed by atoms with Crippen LogP contribution in [-0.4, -0.2) is 35.1 Å². The number of methoxy groups -OCH3 is 1. The molecule has 2 aromatic carbocycles. The Morgan fingerprint density at radius 2 is 1.80 bits per heavy atom. The zero-order valence-electron chi connectivity index (χ0n) is 16.4. The molecule has 0 bridgehead atoms. The van der Waals surface area contributed by atoms with Gasteiger partial charge in [0.1, 0.15) is 17.5 Å². The minimum absolute atomic E-state index is 0.195. The second kappa shape index (κ2) is 8.04. The Hall–Kier alpha value is -4.20. The van der Waals surface area contributed by atoms with Gasteiger partial charge in [-0.25, -0.2) is 9.78 Å². The molecule has 0 aliphatic carbocycles. The number of carbonyl (C=O) groups is 1. The molecule has 4 aromatic rings. The van der Waals surface area contributed by atoms with Crippen molar-refractivity contribution in [2.45, 2.75) is 0 Å². The number of hydrogen-bond acceptors (Lipinski definition) is 8. The van der Waals surface area contributed by atoms with Crippen LogP contribution >= 0.6 is 0 Å². The third kappa shape index (κ3) is 3.46. The van der Waals surface area contributed by atoms with Gasteiger partial charge >= 0.3 is 5.97 Å². The smallest absolute Gasteiger partial charge is 0.339 e. The summed E-state index contributed by atoms with van der Waals surface area (Å²) in [7, 11) is 3.09. The number of benzene rings is 2. The molecule has 0 saturated heterocycles. The van der Waals surface area contributed by atoms with Crippen molar-refractivity contribution in [2.75, 3.05) is 24.8 Å². The molecule has 0 amide bonds. The number of rotatable bonds is 5. The van der Waals surface area contributed by atoms with Gasteiger partial charge in [-0.1, -0.05) is 30.3 Å². The molecule has 0 atom stereocenters. The molecule has 150 valence electrons. The molecule has 8 nitrogen and oxygen atoms in total. The van der Waals surface area contributed by atoms with Gasteiger partial charge in [-0.05, 0) is 24.3 Å². The van der Waals surface area contributed by atoms with Crippen molar-refractivity contribution >= 4 is 34.1 Å². The molecule has 2 aromatic heterocycles. The highest BCUT2D eigenvalue weighted by molar-refractivity contribution is 5.97. The highest BCUT2D eigenvalue weighted by Crippen LogP contribution is 2.36. The van der Waals surface area contributed by atoms with Crippen LogP contribution in [0.2, 0.25) is 0 Å². The second-order valence-electron chi connectivity index (χ2n) is 6.42. The summed E-state index contributed by atoms with van der Waals surface area (Å²) in [6, 6.07) is 16.4. The first kappa shape index (κ1) is 19.1. The van der Waals surface area contributed by atoms with Crippen molar-refractivity contribution in [3.8, 4) is 11.6 Å². The van der Waals surface area contributed by atoms with E-state index in [0.717, 1.165) is 5.39 Å². The first-order chi connectivity index (χ1) is 14.6. The first-order valence-corrected chi connectivity index (χ1v) is 9.13. The molecule has 0 unspecified atom stereocenters. The number of ether oxygens (including phenoxy) is 2. The summed E-state index contributed by atoms with van der Waals surface area (Å²) in [5, 5.41) is 0.937. The minimum Gasteiger partial charge on any atom is -0.465 e. The van der Waals surface area contributed by atoms with E-state index in [1.165, 1.54) is 13.4 Å². The number of aromatic nitrogens is 3. The third-order valence-corrected chi connectivity index (χ3v) is 4.62. The topological polar surface area (TPSA) is 103 Å². The Bertz CT molecular complexity index is 1220. The third-order valence-electron chi connectivity index (χ3n) is 4.62. The lowest BCUT2D eigenvalue weighted by Crippen LogP contribution is -2.18. The number of hydrogen-bond donors (Lipinski definition) is 1. The Morgan fingerprint density at radius 1 is 1.00 bits per heavy atom. The largest absolute Gasteiger partial charge is 0.465 e. The van der Waals surface area contributed by atoms with Crippen molar-refractivity contribution < 1.29 is 14.3 Å². The molecule has 0 spiro atoms. The molecular formula is C22H19N5O3. The van der Waals surface area contributed by atoms with Crippen LogP contribution in [0.1, 0.15) is 10.4 Å². The monoisotopic (exact) mass is 401 g/mol. The first-order valence-electron chi connectivity index (χ1n) is 9.13. The van der Waals surface area contributed by atoms with E-state index >= 15 is 0 Å². The molecule has 30 heavy (non-hydrogen) atoms. The van der Waals surface area contributed by atoms with Crippen LogP contribution in [0.5, 0.6) is 11.6 Å². The van der Waals surface area contributed by atoms with E-state index in [1.54, 1.807) is 42.4 Å².